The number of Topliss-reactive ketones (excluding diaryl/α,β-unsaturated/α-hetero) is 1. The van der Waals surface area contributed by atoms with Crippen molar-refractivity contribution in [3.63, 3.8) is 0 Å². The minimum atomic E-state index is -0.431. The lowest BCUT2D eigenvalue weighted by Gasteiger charge is -2.21. The summed E-state index contributed by atoms with van der Waals surface area (Å²) in [5.74, 6) is 1.49. The highest BCUT2D eigenvalue weighted by atomic mass is 16.5. The van der Waals surface area contributed by atoms with Crippen LogP contribution in [0.5, 0.6) is 5.75 Å². The van der Waals surface area contributed by atoms with Crippen LogP contribution in [0.1, 0.15) is 50.7 Å². The first kappa shape index (κ1) is 14.1. The lowest BCUT2D eigenvalue weighted by molar-refractivity contribution is -0.121. The van der Waals surface area contributed by atoms with Crippen molar-refractivity contribution in [1.29, 1.82) is 0 Å². The molecule has 3 nitrogen and oxygen atoms in total. The topological polar surface area (TPSA) is 46.5 Å². The molecule has 0 heterocycles. The van der Waals surface area contributed by atoms with Gasteiger partial charge in [0, 0.05) is 12.8 Å². The molecule has 1 aromatic rings. The molecule has 3 heteroatoms. The molecule has 2 atom stereocenters. The monoisotopic (exact) mass is 262 g/mol. The molecule has 0 amide bonds. The van der Waals surface area contributed by atoms with Crippen molar-refractivity contribution in [2.75, 3.05) is 6.61 Å². The van der Waals surface area contributed by atoms with Crippen molar-refractivity contribution in [1.82, 2.24) is 0 Å². The van der Waals surface area contributed by atoms with Crippen molar-refractivity contribution in [3.05, 3.63) is 29.8 Å². The van der Waals surface area contributed by atoms with Gasteiger partial charge in [0.1, 0.15) is 11.5 Å². The zero-order valence-electron chi connectivity index (χ0n) is 11.5. The third-order valence-corrected chi connectivity index (χ3v) is 3.70. The van der Waals surface area contributed by atoms with Crippen molar-refractivity contribution in [2.45, 2.75) is 45.1 Å². The SMILES string of the molecule is CCC(O)c1cccc(OCC2CCCC(=O)C2)c1. The van der Waals surface area contributed by atoms with Gasteiger partial charge >= 0.3 is 0 Å². The van der Waals surface area contributed by atoms with Crippen LogP contribution in [0.2, 0.25) is 0 Å². The maximum Gasteiger partial charge on any atom is 0.133 e. The van der Waals surface area contributed by atoms with E-state index < -0.39 is 6.10 Å². The zero-order chi connectivity index (χ0) is 13.7. The number of hydrogen-bond acceptors (Lipinski definition) is 3. The van der Waals surface area contributed by atoms with Crippen LogP contribution in [0, 0.1) is 5.92 Å². The van der Waals surface area contributed by atoms with E-state index in [1.807, 2.05) is 31.2 Å². The fourth-order valence-electron chi connectivity index (χ4n) is 2.52. The normalized spacial score (nSPS) is 21.2. The second-order valence-corrected chi connectivity index (χ2v) is 5.31. The largest absolute Gasteiger partial charge is 0.493 e. The van der Waals surface area contributed by atoms with E-state index in [9.17, 15) is 9.90 Å². The van der Waals surface area contributed by atoms with Gasteiger partial charge in [-0.1, -0.05) is 19.1 Å². The molecule has 1 N–H and O–H groups in total. The first-order chi connectivity index (χ1) is 9.19. The highest BCUT2D eigenvalue weighted by Gasteiger charge is 2.20. The standard InChI is InChI=1S/C16H22O3/c1-2-16(18)13-6-4-8-15(10-13)19-11-12-5-3-7-14(17)9-12/h4,6,8,10,12,16,18H,2-3,5,7,9,11H2,1H3. The summed E-state index contributed by atoms with van der Waals surface area (Å²) in [5.41, 5.74) is 0.889. The fourth-order valence-corrected chi connectivity index (χ4v) is 2.52. The molecule has 2 rings (SSSR count). The van der Waals surface area contributed by atoms with E-state index >= 15 is 0 Å². The molecule has 0 aromatic heterocycles. The lowest BCUT2D eigenvalue weighted by Crippen LogP contribution is -2.20. The van der Waals surface area contributed by atoms with Gasteiger partial charge in [-0.25, -0.2) is 0 Å². The van der Waals surface area contributed by atoms with E-state index in [2.05, 4.69) is 0 Å². The molecule has 0 radical (unpaired) electrons. The minimum absolute atomic E-state index is 0.348. The summed E-state index contributed by atoms with van der Waals surface area (Å²) in [4.78, 5) is 11.4. The summed E-state index contributed by atoms with van der Waals surface area (Å²) in [7, 11) is 0. The molecule has 19 heavy (non-hydrogen) atoms. The van der Waals surface area contributed by atoms with Crippen LogP contribution in [0.3, 0.4) is 0 Å². The van der Waals surface area contributed by atoms with Crippen LogP contribution in [0.25, 0.3) is 0 Å². The number of rotatable bonds is 5. The second kappa shape index (κ2) is 6.71. The van der Waals surface area contributed by atoms with E-state index in [4.69, 9.17) is 4.74 Å². The van der Waals surface area contributed by atoms with Crippen LogP contribution in [-0.2, 0) is 4.79 Å². The van der Waals surface area contributed by atoms with E-state index in [0.29, 0.717) is 31.1 Å². The van der Waals surface area contributed by atoms with Crippen molar-refractivity contribution < 1.29 is 14.6 Å². The quantitative estimate of drug-likeness (QED) is 0.886. The molecular formula is C16H22O3. The Bertz CT molecular complexity index is 428. The van der Waals surface area contributed by atoms with Gasteiger partial charge in [0.05, 0.1) is 12.7 Å². The van der Waals surface area contributed by atoms with Gasteiger partial charge in [0.15, 0.2) is 0 Å². The smallest absolute Gasteiger partial charge is 0.133 e. The molecule has 0 spiro atoms. The third-order valence-electron chi connectivity index (χ3n) is 3.70. The second-order valence-electron chi connectivity index (χ2n) is 5.31. The Labute approximate surface area is 114 Å². The molecule has 1 aliphatic rings. The highest BCUT2D eigenvalue weighted by molar-refractivity contribution is 5.79. The maximum atomic E-state index is 11.4. The van der Waals surface area contributed by atoms with Crippen molar-refractivity contribution in [3.8, 4) is 5.75 Å². The Morgan fingerprint density at radius 1 is 1.47 bits per heavy atom. The molecule has 1 fully saturated rings. The Morgan fingerprint density at radius 3 is 3.05 bits per heavy atom. The van der Waals surface area contributed by atoms with Crippen LogP contribution >= 0.6 is 0 Å². The highest BCUT2D eigenvalue weighted by Crippen LogP contribution is 2.24. The van der Waals surface area contributed by atoms with Crippen LogP contribution in [0.15, 0.2) is 24.3 Å². The average molecular weight is 262 g/mol. The Hall–Kier alpha value is -1.35. The fraction of sp³-hybridized carbons (Fsp3) is 0.562. The summed E-state index contributed by atoms with van der Waals surface area (Å²) in [6.45, 7) is 2.54. The minimum Gasteiger partial charge on any atom is -0.493 e. The van der Waals surface area contributed by atoms with E-state index in [-0.39, 0.29) is 0 Å². The van der Waals surface area contributed by atoms with E-state index in [1.165, 1.54) is 0 Å². The summed E-state index contributed by atoms with van der Waals surface area (Å²) in [6, 6.07) is 7.59. The number of aliphatic hydroxyl groups excluding tert-OH is 1. The molecule has 1 saturated carbocycles. The molecular weight excluding hydrogens is 240 g/mol. The Kier molecular flexibility index (Phi) is 4.97. The van der Waals surface area contributed by atoms with Gasteiger partial charge in [0.2, 0.25) is 0 Å². The Morgan fingerprint density at radius 2 is 2.32 bits per heavy atom. The van der Waals surface area contributed by atoms with Crippen LogP contribution in [0.4, 0.5) is 0 Å². The number of carbonyl (C=O) groups excluding carboxylic acids is 1. The molecule has 0 aliphatic heterocycles. The third kappa shape index (κ3) is 4.06. The average Bonchev–Trinajstić information content (AvgIpc) is 2.45. The molecule has 0 bridgehead atoms. The zero-order valence-corrected chi connectivity index (χ0v) is 11.5. The van der Waals surface area contributed by atoms with Crippen LogP contribution < -0.4 is 4.74 Å². The molecule has 0 saturated heterocycles. The first-order valence-electron chi connectivity index (χ1n) is 7.11. The van der Waals surface area contributed by atoms with Crippen molar-refractivity contribution >= 4 is 5.78 Å². The van der Waals surface area contributed by atoms with E-state index in [1.54, 1.807) is 0 Å². The van der Waals surface area contributed by atoms with Gasteiger partial charge in [-0.05, 0) is 42.9 Å². The number of carbonyl (C=O) groups is 1. The number of ketones is 1. The van der Waals surface area contributed by atoms with Gasteiger partial charge in [0.25, 0.3) is 0 Å². The Balaban J connectivity index is 1.90. The van der Waals surface area contributed by atoms with Gasteiger partial charge in [-0.15, -0.1) is 0 Å². The van der Waals surface area contributed by atoms with Gasteiger partial charge in [-0.3, -0.25) is 4.79 Å². The maximum absolute atomic E-state index is 11.4. The van der Waals surface area contributed by atoms with Gasteiger partial charge < -0.3 is 9.84 Å². The van der Waals surface area contributed by atoms with Crippen molar-refractivity contribution in [2.24, 2.45) is 5.92 Å². The summed E-state index contributed by atoms with van der Waals surface area (Å²) < 4.78 is 5.77. The molecule has 1 aliphatic carbocycles. The number of aliphatic hydroxyl groups is 1. The predicted octanol–water partition coefficient (Wildman–Crippen LogP) is 3.27. The number of ether oxygens (including phenoxy) is 1. The molecule has 1 aromatic carbocycles. The summed E-state index contributed by atoms with van der Waals surface area (Å²) >= 11 is 0. The van der Waals surface area contributed by atoms with Gasteiger partial charge in [-0.2, -0.15) is 0 Å². The predicted molar refractivity (Wildman–Crippen MR) is 74.2 cm³/mol. The lowest BCUT2D eigenvalue weighted by atomic mass is 9.89. The molecule has 104 valence electrons. The summed E-state index contributed by atoms with van der Waals surface area (Å²) in [6.07, 6.45) is 3.71. The number of benzene rings is 1. The van der Waals surface area contributed by atoms with E-state index in [0.717, 1.165) is 30.6 Å². The van der Waals surface area contributed by atoms with Crippen LogP contribution in [-0.4, -0.2) is 17.5 Å². The molecule has 2 unspecified atom stereocenters. The number of hydrogen-bond donors (Lipinski definition) is 1. The first-order valence-corrected chi connectivity index (χ1v) is 7.11. The summed E-state index contributed by atoms with van der Waals surface area (Å²) in [5, 5.41) is 9.81.